The van der Waals surface area contributed by atoms with Gasteiger partial charge in [-0.2, -0.15) is 0 Å². The first-order chi connectivity index (χ1) is 20.4. The van der Waals surface area contributed by atoms with Crippen molar-refractivity contribution in [1.82, 2.24) is 19.3 Å². The first kappa shape index (κ1) is 27.6. The second-order valence-electron chi connectivity index (χ2n) is 10.1. The molecule has 0 aliphatic rings. The number of hydrogen-bond donors (Lipinski definition) is 2. The van der Waals surface area contributed by atoms with Crippen LogP contribution in [0.15, 0.2) is 96.3 Å². The van der Waals surface area contributed by atoms with Crippen molar-refractivity contribution in [3.05, 3.63) is 97.0 Å². The summed E-state index contributed by atoms with van der Waals surface area (Å²) in [6, 6.07) is 22.6. The summed E-state index contributed by atoms with van der Waals surface area (Å²) < 4.78 is 40.6. The Balaban J connectivity index is 1.48. The fourth-order valence-electron chi connectivity index (χ4n) is 5.07. The normalized spacial score (nSPS) is 11.8. The van der Waals surface area contributed by atoms with Crippen LogP contribution in [0.2, 0.25) is 0 Å². The van der Waals surface area contributed by atoms with E-state index in [0.29, 0.717) is 23.8 Å². The van der Waals surface area contributed by atoms with Crippen molar-refractivity contribution >= 4 is 32.0 Å². The minimum atomic E-state index is -3.90. The van der Waals surface area contributed by atoms with Gasteiger partial charge in [0.15, 0.2) is 17.1 Å². The first-order valence-corrected chi connectivity index (χ1v) is 15.3. The van der Waals surface area contributed by atoms with Gasteiger partial charge in [0.2, 0.25) is 0 Å². The summed E-state index contributed by atoms with van der Waals surface area (Å²) >= 11 is 0. The van der Waals surface area contributed by atoms with Gasteiger partial charge < -0.3 is 19.8 Å². The van der Waals surface area contributed by atoms with E-state index in [0.717, 1.165) is 57.2 Å². The number of rotatable bonds is 10. The predicted octanol–water partition coefficient (Wildman–Crippen LogP) is 6.39. The number of H-pyrrole nitrogens is 1. The molecule has 0 unspecified atom stereocenters. The summed E-state index contributed by atoms with van der Waals surface area (Å²) in [5.74, 6) is 1.27. The zero-order valence-corrected chi connectivity index (χ0v) is 24.5. The fraction of sp³-hybridized carbons (Fsp3) is 0.182. The maximum absolute atomic E-state index is 13.9. The van der Waals surface area contributed by atoms with E-state index in [1.54, 1.807) is 43.8 Å². The number of fused-ring (bicyclic) bond motifs is 2. The van der Waals surface area contributed by atoms with Gasteiger partial charge in [-0.3, -0.25) is 0 Å². The van der Waals surface area contributed by atoms with Crippen molar-refractivity contribution in [2.45, 2.75) is 18.7 Å². The molecule has 8 nitrogen and oxygen atoms in total. The van der Waals surface area contributed by atoms with Crippen LogP contribution in [0.4, 0.5) is 0 Å². The molecule has 0 saturated heterocycles. The lowest BCUT2D eigenvalue weighted by Gasteiger charge is -2.13. The molecular weight excluding hydrogens is 548 g/mol. The Morgan fingerprint density at radius 3 is 2.52 bits per heavy atom. The number of pyridine rings is 1. The van der Waals surface area contributed by atoms with Crippen molar-refractivity contribution < 1.29 is 17.9 Å². The van der Waals surface area contributed by atoms with E-state index in [2.05, 4.69) is 23.3 Å². The molecule has 0 saturated carbocycles. The van der Waals surface area contributed by atoms with Gasteiger partial charge in [0.25, 0.3) is 10.0 Å². The molecule has 0 radical (unpaired) electrons. The molecule has 3 aromatic carbocycles. The van der Waals surface area contributed by atoms with E-state index in [-0.39, 0.29) is 4.90 Å². The zero-order valence-electron chi connectivity index (χ0n) is 23.7. The molecule has 42 heavy (non-hydrogen) atoms. The van der Waals surface area contributed by atoms with Gasteiger partial charge in [-0.05, 0) is 78.5 Å². The van der Waals surface area contributed by atoms with Crippen molar-refractivity contribution in [2.75, 3.05) is 26.8 Å². The quantitative estimate of drug-likeness (QED) is 0.182. The number of methoxy groups -OCH3 is 1. The molecule has 9 heteroatoms. The van der Waals surface area contributed by atoms with Crippen LogP contribution in [0.25, 0.3) is 44.2 Å². The Bertz CT molecular complexity index is 1990. The van der Waals surface area contributed by atoms with Crippen LogP contribution >= 0.6 is 0 Å². The average molecular weight is 581 g/mol. The van der Waals surface area contributed by atoms with Gasteiger partial charge in [-0.15, -0.1) is 0 Å². The number of nitrogens with zero attached hydrogens (tertiary/aromatic N) is 2. The number of nitrogens with one attached hydrogen (secondary N) is 2. The number of likely N-dealkylation sites (N-methyl/N-ethyl adjacent to an activating group) is 1. The standard InChI is InChI=1S/C33H32N4O4S/c1-4-34-15-16-41-31-12-8-23(19-32(31)40-3)26-18-28-29(24-7-11-30-25(17-24)13-14-35-30)21-37(33(28)36-20-26)42(38,39)27-9-5-22(2)6-10-27/h5-14,17-21,34-35H,4,15-16H2,1-3H3. The van der Waals surface area contributed by atoms with Gasteiger partial charge in [0.1, 0.15) is 6.61 Å². The highest BCUT2D eigenvalue weighted by Crippen LogP contribution is 2.37. The third-order valence-corrected chi connectivity index (χ3v) is 9.00. The fourth-order valence-corrected chi connectivity index (χ4v) is 6.40. The average Bonchev–Trinajstić information content (AvgIpc) is 3.64. The summed E-state index contributed by atoms with van der Waals surface area (Å²) in [6.07, 6.45) is 5.26. The number of aromatic amines is 1. The van der Waals surface area contributed by atoms with Crippen molar-refractivity contribution in [3.63, 3.8) is 0 Å². The zero-order chi connectivity index (χ0) is 29.3. The minimum absolute atomic E-state index is 0.206. The smallest absolute Gasteiger partial charge is 0.269 e. The second kappa shape index (κ2) is 11.3. The summed E-state index contributed by atoms with van der Waals surface area (Å²) in [5.41, 5.74) is 5.72. The Morgan fingerprint density at radius 2 is 1.74 bits per heavy atom. The molecule has 3 heterocycles. The number of benzene rings is 3. The first-order valence-electron chi connectivity index (χ1n) is 13.8. The molecular formula is C33H32N4O4S. The van der Waals surface area contributed by atoms with Crippen LogP contribution in [-0.4, -0.2) is 49.2 Å². The lowest BCUT2D eigenvalue weighted by molar-refractivity contribution is 0.293. The van der Waals surface area contributed by atoms with Gasteiger partial charge in [0, 0.05) is 47.2 Å². The largest absolute Gasteiger partial charge is 0.493 e. The van der Waals surface area contributed by atoms with Crippen molar-refractivity contribution in [3.8, 4) is 33.8 Å². The van der Waals surface area contributed by atoms with E-state index in [4.69, 9.17) is 14.5 Å². The van der Waals surface area contributed by atoms with E-state index in [1.807, 2.05) is 55.6 Å². The Kier molecular flexibility index (Phi) is 7.45. The topological polar surface area (TPSA) is 98.2 Å². The molecule has 6 aromatic rings. The molecule has 0 spiro atoms. The van der Waals surface area contributed by atoms with Crippen LogP contribution in [-0.2, 0) is 10.0 Å². The number of aryl methyl sites for hydroxylation is 1. The van der Waals surface area contributed by atoms with E-state index < -0.39 is 10.0 Å². The number of hydrogen-bond acceptors (Lipinski definition) is 6. The maximum Gasteiger partial charge on any atom is 0.269 e. The summed E-state index contributed by atoms with van der Waals surface area (Å²) in [6.45, 7) is 6.12. The van der Waals surface area contributed by atoms with Gasteiger partial charge in [-0.1, -0.05) is 36.8 Å². The Morgan fingerprint density at radius 1 is 0.929 bits per heavy atom. The molecule has 214 valence electrons. The monoisotopic (exact) mass is 580 g/mol. The molecule has 2 N–H and O–H groups in total. The summed E-state index contributed by atoms with van der Waals surface area (Å²) in [4.78, 5) is 8.13. The minimum Gasteiger partial charge on any atom is -0.493 e. The lowest BCUT2D eigenvalue weighted by Crippen LogP contribution is -2.20. The van der Waals surface area contributed by atoms with Crippen LogP contribution in [0.1, 0.15) is 12.5 Å². The highest BCUT2D eigenvalue weighted by atomic mass is 32.2. The number of aromatic nitrogens is 3. The van der Waals surface area contributed by atoms with Crippen molar-refractivity contribution in [1.29, 1.82) is 0 Å². The molecule has 0 aliphatic carbocycles. The highest BCUT2D eigenvalue weighted by Gasteiger charge is 2.23. The third kappa shape index (κ3) is 5.13. The molecule has 3 aromatic heterocycles. The molecule has 0 fully saturated rings. The SMILES string of the molecule is CCNCCOc1ccc(-c2cnc3c(c2)c(-c2ccc4[nH]ccc4c2)cn3S(=O)(=O)c2ccc(C)cc2)cc1OC. The molecule has 0 atom stereocenters. The summed E-state index contributed by atoms with van der Waals surface area (Å²) in [7, 11) is -2.29. The molecule has 0 aliphatic heterocycles. The van der Waals surface area contributed by atoms with Gasteiger partial charge in [-0.25, -0.2) is 17.4 Å². The van der Waals surface area contributed by atoms with Crippen LogP contribution < -0.4 is 14.8 Å². The molecule has 0 amide bonds. The Hall–Kier alpha value is -4.60. The van der Waals surface area contributed by atoms with Crippen LogP contribution in [0.3, 0.4) is 0 Å². The number of ether oxygens (including phenoxy) is 2. The third-order valence-electron chi connectivity index (χ3n) is 7.34. The van der Waals surface area contributed by atoms with E-state index in [1.165, 1.54) is 3.97 Å². The van der Waals surface area contributed by atoms with Crippen LogP contribution in [0.5, 0.6) is 11.5 Å². The lowest BCUT2D eigenvalue weighted by atomic mass is 10.0. The highest BCUT2D eigenvalue weighted by molar-refractivity contribution is 7.90. The van der Waals surface area contributed by atoms with Gasteiger partial charge >= 0.3 is 0 Å². The summed E-state index contributed by atoms with van der Waals surface area (Å²) in [5, 5.41) is 5.00. The predicted molar refractivity (Wildman–Crippen MR) is 167 cm³/mol. The van der Waals surface area contributed by atoms with Crippen molar-refractivity contribution in [2.24, 2.45) is 0 Å². The van der Waals surface area contributed by atoms with Gasteiger partial charge in [0.05, 0.1) is 12.0 Å². The Labute approximate surface area is 245 Å². The second-order valence-corrected chi connectivity index (χ2v) is 11.9. The molecule has 0 bridgehead atoms. The van der Waals surface area contributed by atoms with E-state index >= 15 is 0 Å². The maximum atomic E-state index is 13.9. The molecule has 6 rings (SSSR count). The van der Waals surface area contributed by atoms with Crippen LogP contribution in [0, 0.1) is 6.92 Å². The van der Waals surface area contributed by atoms with E-state index in [9.17, 15) is 8.42 Å².